The van der Waals surface area contributed by atoms with E-state index in [1.165, 1.54) is 0 Å². The van der Waals surface area contributed by atoms with Crippen molar-refractivity contribution in [2.45, 2.75) is 24.9 Å². The predicted molar refractivity (Wildman–Crippen MR) is 49.2 cm³/mol. The summed E-state index contributed by atoms with van der Waals surface area (Å²) in [5.41, 5.74) is -1.18. The Labute approximate surface area is 90.5 Å². The molecule has 88 valence electrons. The molecule has 0 aromatic heterocycles. The van der Waals surface area contributed by atoms with E-state index in [0.29, 0.717) is 0 Å². The van der Waals surface area contributed by atoms with Gasteiger partial charge in [-0.3, -0.25) is 19.7 Å². The number of ether oxygens (including phenoxy) is 1. The molecule has 0 aromatic carbocycles. The minimum absolute atomic E-state index is 0.0553. The smallest absolute Gasteiger partial charge is 0.307 e. The summed E-state index contributed by atoms with van der Waals surface area (Å²) >= 11 is 0. The first-order chi connectivity index (χ1) is 7.43. The van der Waals surface area contributed by atoms with Crippen LogP contribution in [-0.4, -0.2) is 34.1 Å². The Morgan fingerprint density at radius 2 is 2.38 bits per heavy atom. The van der Waals surface area contributed by atoms with Crippen molar-refractivity contribution in [2.24, 2.45) is 11.8 Å². The average molecular weight is 229 g/mol. The summed E-state index contributed by atoms with van der Waals surface area (Å²) in [5.74, 6) is -2.41. The number of nitrogens with zero attached hydrogens (tertiary/aromatic N) is 1. The minimum Gasteiger partial charge on any atom is -0.481 e. The number of carboxylic acids is 1. The Bertz CT molecular complexity index is 367. The zero-order valence-corrected chi connectivity index (χ0v) is 8.42. The van der Waals surface area contributed by atoms with Crippen LogP contribution in [0.25, 0.3) is 0 Å². The monoisotopic (exact) mass is 229 g/mol. The highest BCUT2D eigenvalue weighted by atomic mass is 16.6. The van der Waals surface area contributed by atoms with Gasteiger partial charge in [0.05, 0.1) is 12.3 Å². The first-order valence-electron chi connectivity index (χ1n) is 4.99. The third-order valence-corrected chi connectivity index (χ3v) is 3.38. The molecule has 0 bridgehead atoms. The number of hydrogen-bond acceptors (Lipinski definition) is 5. The molecule has 7 nitrogen and oxygen atoms in total. The molecule has 1 saturated carbocycles. The van der Waals surface area contributed by atoms with Crippen LogP contribution in [-0.2, 0) is 14.3 Å². The molecule has 1 heterocycles. The number of carboxylic acid groups (broad SMARTS) is 1. The van der Waals surface area contributed by atoms with Crippen molar-refractivity contribution in [1.82, 2.24) is 0 Å². The summed E-state index contributed by atoms with van der Waals surface area (Å²) in [6.07, 6.45) is 0.437. The van der Waals surface area contributed by atoms with E-state index in [9.17, 15) is 19.7 Å². The molecule has 2 rings (SSSR count). The minimum atomic E-state index is -1.18. The van der Waals surface area contributed by atoms with Crippen molar-refractivity contribution in [2.75, 3.05) is 6.54 Å². The maximum atomic E-state index is 11.1. The van der Waals surface area contributed by atoms with E-state index in [2.05, 4.69) is 0 Å². The van der Waals surface area contributed by atoms with Gasteiger partial charge < -0.3 is 9.84 Å². The van der Waals surface area contributed by atoms with Gasteiger partial charge in [0.2, 0.25) is 6.54 Å². The Balaban J connectivity index is 2.21. The van der Waals surface area contributed by atoms with Gasteiger partial charge in [-0.2, -0.15) is 0 Å². The number of aliphatic carboxylic acids is 1. The molecule has 7 heteroatoms. The molecule has 0 radical (unpaired) electrons. The van der Waals surface area contributed by atoms with E-state index < -0.39 is 34.9 Å². The molecule has 2 fully saturated rings. The molecule has 0 spiro atoms. The number of rotatable bonds is 3. The van der Waals surface area contributed by atoms with E-state index in [0.717, 1.165) is 0 Å². The number of carbonyl (C=O) groups is 2. The fourth-order valence-corrected chi connectivity index (χ4v) is 2.72. The lowest BCUT2D eigenvalue weighted by Gasteiger charge is -2.22. The Morgan fingerprint density at radius 3 is 2.94 bits per heavy atom. The van der Waals surface area contributed by atoms with Gasteiger partial charge in [-0.1, -0.05) is 0 Å². The fourth-order valence-electron chi connectivity index (χ4n) is 2.72. The van der Waals surface area contributed by atoms with E-state index in [4.69, 9.17) is 9.84 Å². The Kier molecular flexibility index (Phi) is 2.32. The van der Waals surface area contributed by atoms with Crippen molar-refractivity contribution >= 4 is 11.9 Å². The molecular formula is C9H11NO6. The second-order valence-corrected chi connectivity index (χ2v) is 4.41. The summed E-state index contributed by atoms with van der Waals surface area (Å²) in [6, 6.07) is 0. The lowest BCUT2D eigenvalue weighted by atomic mass is 9.91. The molecule has 16 heavy (non-hydrogen) atoms. The average Bonchev–Trinajstić information content (AvgIpc) is 2.54. The number of fused-ring (bicyclic) bond motifs is 1. The summed E-state index contributed by atoms with van der Waals surface area (Å²) in [6.45, 7) is -0.493. The van der Waals surface area contributed by atoms with Gasteiger partial charge in [0, 0.05) is 17.3 Å². The van der Waals surface area contributed by atoms with E-state index in [1.807, 2.05) is 0 Å². The molecule has 1 aliphatic heterocycles. The van der Waals surface area contributed by atoms with Crippen LogP contribution in [0.4, 0.5) is 0 Å². The SMILES string of the molecule is O=C1CC2C[C@H](C(=O)O)CC2(C[N+](=O)[O-])O1. The summed E-state index contributed by atoms with van der Waals surface area (Å²) in [7, 11) is 0. The van der Waals surface area contributed by atoms with Crippen LogP contribution in [0.1, 0.15) is 19.3 Å². The molecule has 0 aromatic rings. The van der Waals surface area contributed by atoms with Gasteiger partial charge in [0.15, 0.2) is 5.60 Å². The highest BCUT2D eigenvalue weighted by Crippen LogP contribution is 2.48. The van der Waals surface area contributed by atoms with Crippen molar-refractivity contribution < 1.29 is 24.4 Å². The quantitative estimate of drug-likeness (QED) is 0.416. The molecule has 2 unspecified atom stereocenters. The zero-order valence-electron chi connectivity index (χ0n) is 8.42. The largest absolute Gasteiger partial charge is 0.481 e. The molecule has 0 amide bonds. The lowest BCUT2D eigenvalue weighted by molar-refractivity contribution is -0.500. The van der Waals surface area contributed by atoms with Crippen molar-refractivity contribution in [3.05, 3.63) is 10.1 Å². The van der Waals surface area contributed by atoms with Crippen molar-refractivity contribution in [3.8, 4) is 0 Å². The summed E-state index contributed by atoms with van der Waals surface area (Å²) < 4.78 is 5.02. The molecule has 1 saturated heterocycles. The molecule has 1 N–H and O–H groups in total. The summed E-state index contributed by atoms with van der Waals surface area (Å²) in [5, 5.41) is 19.4. The maximum Gasteiger partial charge on any atom is 0.307 e. The van der Waals surface area contributed by atoms with E-state index >= 15 is 0 Å². The third kappa shape index (κ3) is 1.62. The van der Waals surface area contributed by atoms with Gasteiger partial charge in [-0.05, 0) is 6.42 Å². The fraction of sp³-hybridized carbons (Fsp3) is 0.778. The number of hydrogen-bond donors (Lipinski definition) is 1. The second kappa shape index (κ2) is 3.43. The van der Waals surface area contributed by atoms with Crippen molar-refractivity contribution in [3.63, 3.8) is 0 Å². The predicted octanol–water partition coefficient (Wildman–Crippen LogP) is 0.0596. The van der Waals surface area contributed by atoms with Gasteiger partial charge in [0.1, 0.15) is 0 Å². The number of esters is 1. The van der Waals surface area contributed by atoms with E-state index in [1.54, 1.807) is 0 Å². The first kappa shape index (κ1) is 10.8. The molecule has 3 atom stereocenters. The first-order valence-corrected chi connectivity index (χ1v) is 4.99. The van der Waals surface area contributed by atoms with Gasteiger partial charge in [0.25, 0.3) is 0 Å². The lowest BCUT2D eigenvalue weighted by Crippen LogP contribution is -2.39. The maximum absolute atomic E-state index is 11.1. The van der Waals surface area contributed by atoms with Crippen LogP contribution < -0.4 is 0 Å². The zero-order chi connectivity index (χ0) is 11.9. The highest BCUT2D eigenvalue weighted by Gasteiger charge is 2.60. The van der Waals surface area contributed by atoms with Crippen LogP contribution in [0.5, 0.6) is 0 Å². The van der Waals surface area contributed by atoms with Gasteiger partial charge in [-0.15, -0.1) is 0 Å². The number of carbonyl (C=O) groups excluding carboxylic acids is 1. The van der Waals surface area contributed by atoms with E-state index in [-0.39, 0.29) is 25.2 Å². The third-order valence-electron chi connectivity index (χ3n) is 3.38. The topological polar surface area (TPSA) is 107 Å². The van der Waals surface area contributed by atoms with Crippen LogP contribution in [0.3, 0.4) is 0 Å². The molecular weight excluding hydrogens is 218 g/mol. The standard InChI is InChI=1S/C9H11NO6/c11-7-2-6-1-5(8(12)13)3-9(6,16-7)4-10(14)15/h5-6H,1-4H2,(H,12,13)/t5-,6?,9?/m0/s1. The Hall–Kier alpha value is -1.66. The number of nitro groups is 1. The Morgan fingerprint density at radius 1 is 1.69 bits per heavy atom. The van der Waals surface area contributed by atoms with Gasteiger partial charge >= 0.3 is 11.9 Å². The van der Waals surface area contributed by atoms with Gasteiger partial charge in [-0.25, -0.2) is 0 Å². The molecule has 1 aliphatic carbocycles. The van der Waals surface area contributed by atoms with Crippen molar-refractivity contribution in [1.29, 1.82) is 0 Å². The second-order valence-electron chi connectivity index (χ2n) is 4.41. The van der Waals surface area contributed by atoms with Crippen LogP contribution in [0.15, 0.2) is 0 Å². The summed E-state index contributed by atoms with van der Waals surface area (Å²) in [4.78, 5) is 32.0. The van der Waals surface area contributed by atoms with Crippen LogP contribution in [0.2, 0.25) is 0 Å². The van der Waals surface area contributed by atoms with Crippen LogP contribution in [0, 0.1) is 22.0 Å². The normalized spacial score (nSPS) is 36.9. The molecule has 2 aliphatic rings. The van der Waals surface area contributed by atoms with Crippen LogP contribution >= 0.6 is 0 Å². The highest BCUT2D eigenvalue weighted by molar-refractivity contribution is 5.75.